The summed E-state index contributed by atoms with van der Waals surface area (Å²) in [5.74, 6) is 1.45. The van der Waals surface area contributed by atoms with Gasteiger partial charge in [0.05, 0.1) is 0 Å². The molecule has 1 aliphatic carbocycles. The standard InChI is InChI=1S/C10H15.Ti/c1-3-4-7-10-8-5-6-9(10)2;/h5-6,8H,3-4,7H2,1-2H3;. The van der Waals surface area contributed by atoms with Crippen LogP contribution in [0.1, 0.15) is 33.1 Å². The number of unbranched alkanes of at least 4 members (excludes halogenated alkanes) is 1. The van der Waals surface area contributed by atoms with Crippen molar-refractivity contribution < 1.29 is 21.7 Å². The van der Waals surface area contributed by atoms with E-state index in [-0.39, 0.29) is 21.7 Å². The van der Waals surface area contributed by atoms with Crippen LogP contribution >= 0.6 is 0 Å². The van der Waals surface area contributed by atoms with Crippen molar-refractivity contribution in [3.63, 3.8) is 0 Å². The third-order valence-electron chi connectivity index (χ3n) is 1.95. The maximum Gasteiger partial charge on any atom is 0.0194 e. The van der Waals surface area contributed by atoms with Crippen LogP contribution in [0.5, 0.6) is 0 Å². The summed E-state index contributed by atoms with van der Waals surface area (Å²) in [6.45, 7) is 4.42. The zero-order valence-corrected chi connectivity index (χ0v) is 8.91. The predicted octanol–water partition coefficient (Wildman–Crippen LogP) is 3.26. The first-order valence-electron chi connectivity index (χ1n) is 4.05. The van der Waals surface area contributed by atoms with Gasteiger partial charge in [0.2, 0.25) is 0 Å². The van der Waals surface area contributed by atoms with Crippen molar-refractivity contribution in [1.29, 1.82) is 0 Å². The average molecular weight is 183 g/mol. The minimum absolute atomic E-state index is 0. The van der Waals surface area contributed by atoms with Crippen LogP contribution in [0.4, 0.5) is 0 Å². The van der Waals surface area contributed by atoms with Crippen LogP contribution in [0.2, 0.25) is 0 Å². The van der Waals surface area contributed by atoms with Crippen molar-refractivity contribution in [2.45, 2.75) is 33.1 Å². The molecule has 0 spiro atoms. The molecule has 0 heterocycles. The first-order chi connectivity index (χ1) is 4.84. The van der Waals surface area contributed by atoms with Gasteiger partial charge >= 0.3 is 0 Å². The molecule has 0 saturated carbocycles. The quantitative estimate of drug-likeness (QED) is 0.589. The fourth-order valence-electron chi connectivity index (χ4n) is 1.19. The molecule has 0 unspecified atom stereocenters. The van der Waals surface area contributed by atoms with Gasteiger partial charge in [-0.15, -0.1) is 0 Å². The van der Waals surface area contributed by atoms with E-state index in [9.17, 15) is 0 Å². The summed E-state index contributed by atoms with van der Waals surface area (Å²) < 4.78 is 0. The Hall–Kier alpha value is 0.194. The van der Waals surface area contributed by atoms with E-state index in [1.165, 1.54) is 30.8 Å². The summed E-state index contributed by atoms with van der Waals surface area (Å²) in [7, 11) is 0. The Balaban J connectivity index is 0.000001000. The molecule has 0 nitrogen and oxygen atoms in total. The molecular formula is C10H15Ti. The van der Waals surface area contributed by atoms with E-state index in [1.807, 2.05) is 0 Å². The van der Waals surface area contributed by atoms with Crippen LogP contribution in [-0.2, 0) is 21.7 Å². The van der Waals surface area contributed by atoms with Gasteiger partial charge in [0, 0.05) is 27.6 Å². The van der Waals surface area contributed by atoms with E-state index in [1.54, 1.807) is 0 Å². The van der Waals surface area contributed by atoms with Gasteiger partial charge in [-0.1, -0.05) is 44.1 Å². The molecule has 59 valence electrons. The van der Waals surface area contributed by atoms with E-state index in [0.717, 1.165) is 0 Å². The smallest absolute Gasteiger partial charge is 0.0194 e. The second-order valence-corrected chi connectivity index (χ2v) is 2.84. The Morgan fingerprint density at radius 1 is 1.36 bits per heavy atom. The van der Waals surface area contributed by atoms with Crippen molar-refractivity contribution in [2.24, 2.45) is 0 Å². The van der Waals surface area contributed by atoms with Gasteiger partial charge in [-0.25, -0.2) is 0 Å². The van der Waals surface area contributed by atoms with Gasteiger partial charge < -0.3 is 0 Å². The summed E-state index contributed by atoms with van der Waals surface area (Å²) in [6.07, 6.45) is 10.4. The van der Waals surface area contributed by atoms with E-state index in [0.29, 0.717) is 0 Å². The van der Waals surface area contributed by atoms with Gasteiger partial charge in [-0.3, -0.25) is 0 Å². The molecule has 0 bridgehead atoms. The van der Waals surface area contributed by atoms with Crippen LogP contribution in [0.3, 0.4) is 0 Å². The molecule has 1 radical (unpaired) electrons. The van der Waals surface area contributed by atoms with E-state index in [2.05, 4.69) is 32.1 Å². The second-order valence-electron chi connectivity index (χ2n) is 2.84. The molecule has 1 aliphatic rings. The SMILES string of the molecule is CCCCC1=CC=C[C]1C.[Ti]. The summed E-state index contributed by atoms with van der Waals surface area (Å²) >= 11 is 0. The Kier molecular flexibility index (Phi) is 5.90. The van der Waals surface area contributed by atoms with Gasteiger partial charge in [0.15, 0.2) is 0 Å². The zero-order valence-electron chi connectivity index (χ0n) is 7.35. The summed E-state index contributed by atoms with van der Waals surface area (Å²) in [4.78, 5) is 0. The van der Waals surface area contributed by atoms with Gasteiger partial charge in [0.25, 0.3) is 0 Å². The Morgan fingerprint density at radius 2 is 2.09 bits per heavy atom. The first-order valence-corrected chi connectivity index (χ1v) is 4.05. The van der Waals surface area contributed by atoms with Crippen LogP contribution in [0.15, 0.2) is 23.8 Å². The molecule has 11 heavy (non-hydrogen) atoms. The maximum atomic E-state index is 2.23. The minimum Gasteiger partial charge on any atom is -0.0734 e. The van der Waals surface area contributed by atoms with Gasteiger partial charge in [0.1, 0.15) is 0 Å². The van der Waals surface area contributed by atoms with Crippen molar-refractivity contribution in [1.82, 2.24) is 0 Å². The second kappa shape index (κ2) is 5.80. The van der Waals surface area contributed by atoms with E-state index >= 15 is 0 Å². The topological polar surface area (TPSA) is 0 Å². The molecule has 1 heteroatoms. The fourth-order valence-corrected chi connectivity index (χ4v) is 1.19. The molecule has 0 aromatic carbocycles. The number of hydrogen-bond acceptors (Lipinski definition) is 0. The largest absolute Gasteiger partial charge is 0.0734 e. The Labute approximate surface area is 84.6 Å². The van der Waals surface area contributed by atoms with Crippen LogP contribution in [0.25, 0.3) is 0 Å². The Bertz CT molecular complexity index is 156. The van der Waals surface area contributed by atoms with Crippen LogP contribution in [0, 0.1) is 5.92 Å². The van der Waals surface area contributed by atoms with E-state index < -0.39 is 0 Å². The van der Waals surface area contributed by atoms with E-state index in [4.69, 9.17) is 0 Å². The third-order valence-corrected chi connectivity index (χ3v) is 1.95. The van der Waals surface area contributed by atoms with Crippen molar-refractivity contribution >= 4 is 0 Å². The summed E-state index contributed by atoms with van der Waals surface area (Å²) in [5.41, 5.74) is 1.53. The number of allylic oxidation sites excluding steroid dienone is 4. The summed E-state index contributed by atoms with van der Waals surface area (Å²) in [5, 5.41) is 0. The minimum atomic E-state index is 0. The molecule has 0 aromatic heterocycles. The number of hydrogen-bond donors (Lipinski definition) is 0. The molecule has 0 fully saturated rings. The van der Waals surface area contributed by atoms with Crippen LogP contribution < -0.4 is 0 Å². The van der Waals surface area contributed by atoms with Crippen molar-refractivity contribution in [3.8, 4) is 0 Å². The maximum absolute atomic E-state index is 2.23. The Morgan fingerprint density at radius 3 is 2.55 bits per heavy atom. The molecule has 0 N–H and O–H groups in total. The molecule has 0 atom stereocenters. The molecule has 1 rings (SSSR count). The molecular weight excluding hydrogens is 168 g/mol. The number of rotatable bonds is 3. The predicted molar refractivity (Wildman–Crippen MR) is 45.7 cm³/mol. The molecule has 0 amide bonds. The zero-order chi connectivity index (χ0) is 7.40. The molecule has 0 aliphatic heterocycles. The molecule has 0 saturated heterocycles. The van der Waals surface area contributed by atoms with Crippen molar-refractivity contribution in [2.75, 3.05) is 0 Å². The fraction of sp³-hybridized carbons (Fsp3) is 0.500. The van der Waals surface area contributed by atoms with Gasteiger partial charge in [-0.05, 0) is 12.8 Å². The van der Waals surface area contributed by atoms with Gasteiger partial charge in [-0.2, -0.15) is 0 Å². The monoisotopic (exact) mass is 183 g/mol. The normalized spacial score (nSPS) is 16.4. The summed E-state index contributed by atoms with van der Waals surface area (Å²) in [6, 6.07) is 0. The van der Waals surface area contributed by atoms with Crippen molar-refractivity contribution in [3.05, 3.63) is 29.7 Å². The first kappa shape index (κ1) is 11.2. The van der Waals surface area contributed by atoms with Crippen LogP contribution in [-0.4, -0.2) is 0 Å². The molecule has 0 aromatic rings. The third kappa shape index (κ3) is 3.40. The average Bonchev–Trinajstić information content (AvgIpc) is 2.31.